The van der Waals surface area contributed by atoms with Gasteiger partial charge in [-0.05, 0) is 33.8 Å². The van der Waals surface area contributed by atoms with Gasteiger partial charge in [0.1, 0.15) is 5.69 Å². The molecule has 2 heterocycles. The Morgan fingerprint density at radius 1 is 1.56 bits per heavy atom. The summed E-state index contributed by atoms with van der Waals surface area (Å²) in [5.41, 5.74) is 2.31. The van der Waals surface area contributed by atoms with E-state index in [0.29, 0.717) is 23.3 Å². The van der Waals surface area contributed by atoms with Crippen LogP contribution in [-0.4, -0.2) is 29.3 Å². The molecule has 2 aromatic rings. The smallest absolute Gasteiger partial charge is 0.213 e. The number of halogens is 1. The fraction of sp³-hybridized carbons (Fsp3) is 0.333. The van der Waals surface area contributed by atoms with E-state index in [1.165, 1.54) is 11.3 Å². The zero-order valence-corrected chi connectivity index (χ0v) is 12.5. The molecule has 0 aromatic carbocycles. The van der Waals surface area contributed by atoms with Crippen molar-refractivity contribution in [1.29, 1.82) is 0 Å². The van der Waals surface area contributed by atoms with E-state index < -0.39 is 0 Å². The lowest BCUT2D eigenvalue weighted by Crippen LogP contribution is -2.15. The summed E-state index contributed by atoms with van der Waals surface area (Å²) in [6.45, 7) is 3.02. The molecular formula is C12H13BrN2O2S. The number of thiophene rings is 1. The standard InChI is InChI=1S/C12H13BrN2O2S/c1-8-6-18-7-9(8)12(16)11-10(13)5-14-15(11)3-4-17-2/h5-7H,3-4H2,1-2H3. The largest absolute Gasteiger partial charge is 0.383 e. The summed E-state index contributed by atoms with van der Waals surface area (Å²) in [6.07, 6.45) is 1.64. The third-order valence-electron chi connectivity index (χ3n) is 2.62. The lowest BCUT2D eigenvalue weighted by atomic mass is 10.1. The van der Waals surface area contributed by atoms with Crippen LogP contribution >= 0.6 is 27.3 Å². The van der Waals surface area contributed by atoms with Gasteiger partial charge in [0, 0.05) is 18.1 Å². The van der Waals surface area contributed by atoms with E-state index >= 15 is 0 Å². The summed E-state index contributed by atoms with van der Waals surface area (Å²) in [5.74, 6) is -0.00534. The van der Waals surface area contributed by atoms with Crippen LogP contribution in [0.1, 0.15) is 21.6 Å². The predicted octanol–water partition coefficient (Wildman–Crippen LogP) is 2.89. The summed E-state index contributed by atoms with van der Waals surface area (Å²) < 4.78 is 7.41. The van der Waals surface area contributed by atoms with Gasteiger partial charge in [-0.1, -0.05) is 0 Å². The first-order valence-corrected chi connectivity index (χ1v) is 7.16. The van der Waals surface area contributed by atoms with Crippen LogP contribution in [0.25, 0.3) is 0 Å². The number of aryl methyl sites for hydroxylation is 1. The summed E-state index contributed by atoms with van der Waals surface area (Å²) in [4.78, 5) is 12.5. The van der Waals surface area contributed by atoms with E-state index in [2.05, 4.69) is 21.0 Å². The molecule has 4 nitrogen and oxygen atoms in total. The van der Waals surface area contributed by atoms with E-state index in [9.17, 15) is 4.79 Å². The molecule has 0 bridgehead atoms. The van der Waals surface area contributed by atoms with Crippen molar-refractivity contribution in [3.8, 4) is 0 Å². The SMILES string of the molecule is COCCn1ncc(Br)c1C(=O)c1cscc1C. The third kappa shape index (κ3) is 2.55. The van der Waals surface area contributed by atoms with Crippen molar-refractivity contribution in [3.63, 3.8) is 0 Å². The lowest BCUT2D eigenvalue weighted by molar-refractivity contribution is 0.102. The minimum atomic E-state index is -0.00534. The van der Waals surface area contributed by atoms with Gasteiger partial charge in [0.25, 0.3) is 0 Å². The topological polar surface area (TPSA) is 44.1 Å². The highest BCUT2D eigenvalue weighted by Crippen LogP contribution is 2.23. The minimum absolute atomic E-state index is 0.00534. The molecule has 0 amide bonds. The minimum Gasteiger partial charge on any atom is -0.383 e. The van der Waals surface area contributed by atoms with Crippen LogP contribution in [0.3, 0.4) is 0 Å². The van der Waals surface area contributed by atoms with Crippen molar-refractivity contribution < 1.29 is 9.53 Å². The highest BCUT2D eigenvalue weighted by molar-refractivity contribution is 9.10. The zero-order valence-electron chi connectivity index (χ0n) is 10.1. The van der Waals surface area contributed by atoms with Gasteiger partial charge in [-0.15, -0.1) is 0 Å². The Bertz CT molecular complexity index is 562. The maximum atomic E-state index is 12.5. The molecule has 0 spiro atoms. The number of hydrogen-bond acceptors (Lipinski definition) is 4. The van der Waals surface area contributed by atoms with Gasteiger partial charge in [-0.3, -0.25) is 9.48 Å². The number of carbonyl (C=O) groups excluding carboxylic acids is 1. The van der Waals surface area contributed by atoms with E-state index in [1.807, 2.05) is 17.7 Å². The molecule has 0 saturated heterocycles. The Labute approximate surface area is 118 Å². The van der Waals surface area contributed by atoms with Crippen molar-refractivity contribution in [2.24, 2.45) is 0 Å². The van der Waals surface area contributed by atoms with Crippen LogP contribution in [0, 0.1) is 6.92 Å². The first-order valence-electron chi connectivity index (χ1n) is 5.43. The maximum absolute atomic E-state index is 12.5. The molecule has 0 aliphatic heterocycles. The van der Waals surface area contributed by atoms with Crippen LogP contribution in [0.4, 0.5) is 0 Å². The van der Waals surface area contributed by atoms with Gasteiger partial charge in [0.05, 0.1) is 23.8 Å². The van der Waals surface area contributed by atoms with E-state index in [4.69, 9.17) is 4.74 Å². The molecule has 0 unspecified atom stereocenters. The Morgan fingerprint density at radius 2 is 2.33 bits per heavy atom. The normalized spacial score (nSPS) is 10.8. The molecule has 0 radical (unpaired) electrons. The number of nitrogens with zero attached hydrogens (tertiary/aromatic N) is 2. The van der Waals surface area contributed by atoms with E-state index in [0.717, 1.165) is 11.1 Å². The second kappa shape index (κ2) is 5.77. The van der Waals surface area contributed by atoms with Gasteiger partial charge in [-0.25, -0.2) is 0 Å². The number of carbonyl (C=O) groups is 1. The first kappa shape index (κ1) is 13.5. The van der Waals surface area contributed by atoms with Gasteiger partial charge in [-0.2, -0.15) is 16.4 Å². The van der Waals surface area contributed by atoms with Crippen molar-refractivity contribution in [3.05, 3.63) is 38.3 Å². The Balaban J connectivity index is 2.35. The summed E-state index contributed by atoms with van der Waals surface area (Å²) in [7, 11) is 1.63. The summed E-state index contributed by atoms with van der Waals surface area (Å²) in [6, 6.07) is 0. The Morgan fingerprint density at radius 3 is 2.94 bits per heavy atom. The molecule has 0 aliphatic rings. The van der Waals surface area contributed by atoms with Crippen molar-refractivity contribution in [1.82, 2.24) is 9.78 Å². The number of ether oxygens (including phenoxy) is 1. The van der Waals surface area contributed by atoms with Crippen molar-refractivity contribution in [2.75, 3.05) is 13.7 Å². The molecule has 0 atom stereocenters. The average molecular weight is 329 g/mol. The fourth-order valence-electron chi connectivity index (χ4n) is 1.66. The number of hydrogen-bond donors (Lipinski definition) is 0. The van der Waals surface area contributed by atoms with Gasteiger partial charge in [0.15, 0.2) is 0 Å². The zero-order chi connectivity index (χ0) is 13.1. The summed E-state index contributed by atoms with van der Waals surface area (Å²) in [5, 5.41) is 8.03. The first-order chi connectivity index (χ1) is 8.65. The molecule has 6 heteroatoms. The lowest BCUT2D eigenvalue weighted by Gasteiger charge is -2.06. The highest BCUT2D eigenvalue weighted by Gasteiger charge is 2.20. The quantitative estimate of drug-likeness (QED) is 0.793. The van der Waals surface area contributed by atoms with Crippen LogP contribution in [0.2, 0.25) is 0 Å². The Kier molecular flexibility index (Phi) is 4.31. The number of aromatic nitrogens is 2. The molecule has 2 aromatic heterocycles. The second-order valence-electron chi connectivity index (χ2n) is 3.85. The fourth-order valence-corrected chi connectivity index (χ4v) is 2.96. The van der Waals surface area contributed by atoms with Gasteiger partial charge < -0.3 is 4.74 Å². The molecule has 96 valence electrons. The van der Waals surface area contributed by atoms with E-state index in [-0.39, 0.29) is 5.78 Å². The van der Waals surface area contributed by atoms with Crippen LogP contribution in [0.15, 0.2) is 21.4 Å². The number of rotatable bonds is 5. The molecule has 2 rings (SSSR count). The predicted molar refractivity (Wildman–Crippen MR) is 74.3 cm³/mol. The van der Waals surface area contributed by atoms with Crippen molar-refractivity contribution >= 4 is 33.0 Å². The van der Waals surface area contributed by atoms with Gasteiger partial charge in [0.2, 0.25) is 5.78 Å². The molecule has 0 N–H and O–H groups in total. The van der Waals surface area contributed by atoms with Crippen molar-refractivity contribution in [2.45, 2.75) is 13.5 Å². The molecule has 18 heavy (non-hydrogen) atoms. The molecule has 0 saturated carbocycles. The average Bonchev–Trinajstić information content (AvgIpc) is 2.92. The van der Waals surface area contributed by atoms with Crippen LogP contribution < -0.4 is 0 Å². The van der Waals surface area contributed by atoms with E-state index in [1.54, 1.807) is 18.0 Å². The van der Waals surface area contributed by atoms with Crippen LogP contribution in [-0.2, 0) is 11.3 Å². The number of ketones is 1. The number of methoxy groups -OCH3 is 1. The highest BCUT2D eigenvalue weighted by atomic mass is 79.9. The molecule has 0 aliphatic carbocycles. The van der Waals surface area contributed by atoms with Gasteiger partial charge >= 0.3 is 0 Å². The molecular weight excluding hydrogens is 316 g/mol. The van der Waals surface area contributed by atoms with Crippen LogP contribution in [0.5, 0.6) is 0 Å². The monoisotopic (exact) mass is 328 g/mol. The molecule has 0 fully saturated rings. The summed E-state index contributed by atoms with van der Waals surface area (Å²) >= 11 is 4.91. The Hall–Kier alpha value is -0.980. The maximum Gasteiger partial charge on any atom is 0.213 e. The third-order valence-corrected chi connectivity index (χ3v) is 4.06. The second-order valence-corrected chi connectivity index (χ2v) is 5.45.